The van der Waals surface area contributed by atoms with E-state index in [1.165, 1.54) is 38.1 Å². The predicted molar refractivity (Wildman–Crippen MR) is 74.5 cm³/mol. The molecule has 0 aliphatic carbocycles. The fourth-order valence-electron chi connectivity index (χ4n) is 0.732. The number of hydrogen-bond acceptors (Lipinski definition) is 3. The zero-order valence-electron chi connectivity index (χ0n) is 10.8. The van der Waals surface area contributed by atoms with Crippen molar-refractivity contribution in [3.8, 4) is 0 Å². The van der Waals surface area contributed by atoms with E-state index in [0.717, 1.165) is 0 Å². The van der Waals surface area contributed by atoms with Gasteiger partial charge in [0.2, 0.25) is 0 Å². The molecule has 0 saturated carbocycles. The molecule has 0 radical (unpaired) electrons. The molecule has 18 heavy (non-hydrogen) atoms. The number of ketones is 1. The minimum atomic E-state index is -0.552. The van der Waals surface area contributed by atoms with Crippen molar-refractivity contribution in [1.29, 1.82) is 0 Å². The molecule has 0 aliphatic heterocycles. The third-order valence-electron chi connectivity index (χ3n) is 1.34. The van der Waals surface area contributed by atoms with Gasteiger partial charge in [-0.1, -0.05) is 13.8 Å². The number of rotatable bonds is 2. The van der Waals surface area contributed by atoms with Gasteiger partial charge in [-0.05, 0) is 61.3 Å². The largest absolute Gasteiger partial charge is 0.300 e. The Morgan fingerprint density at radius 2 is 0.944 bits per heavy atom. The highest BCUT2D eigenvalue weighted by atomic mass is 35.5. The van der Waals surface area contributed by atoms with Crippen LogP contribution in [0.1, 0.15) is 48.4 Å². The van der Waals surface area contributed by atoms with Crippen LogP contribution in [0.25, 0.3) is 0 Å². The molecule has 5 heteroatoms. The van der Waals surface area contributed by atoms with E-state index in [4.69, 9.17) is 23.2 Å². The quantitative estimate of drug-likeness (QED) is 0.772. The summed E-state index contributed by atoms with van der Waals surface area (Å²) in [6.45, 7) is 7.06. The average Bonchev–Trinajstić information content (AvgIpc) is 2.31. The highest BCUT2D eigenvalue weighted by Crippen LogP contribution is 2.08. The van der Waals surface area contributed by atoms with Crippen molar-refractivity contribution in [1.82, 2.24) is 0 Å². The van der Waals surface area contributed by atoms with E-state index in [-0.39, 0.29) is 5.78 Å². The summed E-state index contributed by atoms with van der Waals surface area (Å²) in [5, 5.41) is -1.10. The molecule has 0 unspecified atom stereocenters. The van der Waals surface area contributed by atoms with Crippen molar-refractivity contribution in [2.45, 2.75) is 27.7 Å². The van der Waals surface area contributed by atoms with Gasteiger partial charge in [-0.25, -0.2) is 0 Å². The van der Waals surface area contributed by atoms with Crippen molar-refractivity contribution in [3.63, 3.8) is 0 Å². The monoisotopic (exact) mass is 290 g/mol. The molecule has 1 aromatic rings. The van der Waals surface area contributed by atoms with Crippen LogP contribution in [0.3, 0.4) is 0 Å². The maximum absolute atomic E-state index is 10.6. The summed E-state index contributed by atoms with van der Waals surface area (Å²) in [6.07, 6.45) is 0. The Labute approximate surface area is 117 Å². The smallest absolute Gasteiger partial charge is 0.252 e. The average molecular weight is 291 g/mol. The van der Waals surface area contributed by atoms with Crippen LogP contribution in [0.5, 0.6) is 0 Å². The van der Waals surface area contributed by atoms with E-state index in [2.05, 4.69) is 0 Å². The third kappa shape index (κ3) is 10.00. The Hall–Kier alpha value is -1.19. The van der Waals surface area contributed by atoms with Gasteiger partial charge in [0.25, 0.3) is 10.5 Å². The molecule has 0 aliphatic rings. The SMILES string of the molecule is CC.CC(C)=O.O=C(Cl)c1ccc(C(=O)Cl)cc1. The maximum Gasteiger partial charge on any atom is 0.252 e. The van der Waals surface area contributed by atoms with Crippen LogP contribution >= 0.6 is 23.2 Å². The molecule has 0 heterocycles. The van der Waals surface area contributed by atoms with Gasteiger partial charge in [-0.3, -0.25) is 9.59 Å². The lowest BCUT2D eigenvalue weighted by Crippen LogP contribution is -1.92. The van der Waals surface area contributed by atoms with Gasteiger partial charge in [0.05, 0.1) is 0 Å². The molecule has 100 valence electrons. The van der Waals surface area contributed by atoms with E-state index in [9.17, 15) is 14.4 Å². The fraction of sp³-hybridized carbons (Fsp3) is 0.308. The first-order valence-electron chi connectivity index (χ1n) is 5.31. The first-order chi connectivity index (χ1) is 8.34. The Kier molecular flexibility index (Phi) is 11.6. The summed E-state index contributed by atoms with van der Waals surface area (Å²) in [5.41, 5.74) is 0.691. The maximum atomic E-state index is 10.6. The Bertz CT molecular complexity index is 360. The Balaban J connectivity index is 0. The summed E-state index contributed by atoms with van der Waals surface area (Å²) in [4.78, 5) is 30.6. The van der Waals surface area contributed by atoms with Crippen LogP contribution in [0.15, 0.2) is 24.3 Å². The molecule has 0 bridgehead atoms. The first-order valence-corrected chi connectivity index (χ1v) is 6.07. The minimum absolute atomic E-state index is 0.167. The van der Waals surface area contributed by atoms with Crippen molar-refractivity contribution in [2.75, 3.05) is 0 Å². The van der Waals surface area contributed by atoms with Crippen molar-refractivity contribution in [2.24, 2.45) is 0 Å². The number of carbonyl (C=O) groups is 3. The number of halogens is 2. The molecule has 1 rings (SSSR count). The second-order valence-electron chi connectivity index (χ2n) is 3.03. The Morgan fingerprint density at radius 3 is 1.06 bits per heavy atom. The summed E-state index contributed by atoms with van der Waals surface area (Å²) in [6, 6.07) is 5.80. The van der Waals surface area contributed by atoms with Gasteiger partial charge in [0.15, 0.2) is 0 Å². The molecule has 0 spiro atoms. The molecule has 0 saturated heterocycles. The number of benzene rings is 1. The van der Waals surface area contributed by atoms with Gasteiger partial charge in [-0.2, -0.15) is 0 Å². The second kappa shape index (κ2) is 10.9. The van der Waals surface area contributed by atoms with E-state index in [0.29, 0.717) is 11.1 Å². The van der Waals surface area contributed by atoms with Gasteiger partial charge < -0.3 is 4.79 Å². The second-order valence-corrected chi connectivity index (χ2v) is 3.72. The first kappa shape index (κ1) is 19.2. The molecule has 0 fully saturated rings. The topological polar surface area (TPSA) is 51.2 Å². The van der Waals surface area contributed by atoms with Crippen LogP contribution in [0.4, 0.5) is 0 Å². The summed E-state index contributed by atoms with van der Waals surface area (Å²) >= 11 is 10.4. The van der Waals surface area contributed by atoms with E-state index in [1.807, 2.05) is 13.8 Å². The van der Waals surface area contributed by atoms with Crippen LogP contribution in [-0.2, 0) is 4.79 Å². The number of carbonyl (C=O) groups excluding carboxylic acids is 3. The zero-order chi connectivity index (χ0) is 14.7. The zero-order valence-corrected chi connectivity index (χ0v) is 12.3. The van der Waals surface area contributed by atoms with Crippen molar-refractivity contribution < 1.29 is 14.4 Å². The van der Waals surface area contributed by atoms with Crippen LogP contribution < -0.4 is 0 Å². The van der Waals surface area contributed by atoms with E-state index >= 15 is 0 Å². The van der Waals surface area contributed by atoms with Gasteiger partial charge in [0.1, 0.15) is 5.78 Å². The summed E-state index contributed by atoms with van der Waals surface area (Å²) in [5.74, 6) is 0.167. The van der Waals surface area contributed by atoms with E-state index in [1.54, 1.807) is 0 Å². The summed E-state index contributed by atoms with van der Waals surface area (Å²) < 4.78 is 0. The van der Waals surface area contributed by atoms with Gasteiger partial charge >= 0.3 is 0 Å². The van der Waals surface area contributed by atoms with Gasteiger partial charge in [-0.15, -0.1) is 0 Å². The normalized spacial score (nSPS) is 8.11. The highest BCUT2D eigenvalue weighted by Gasteiger charge is 2.03. The lowest BCUT2D eigenvalue weighted by atomic mass is 10.2. The molecule has 0 aromatic heterocycles. The molecule has 3 nitrogen and oxygen atoms in total. The molecular weight excluding hydrogens is 275 g/mol. The van der Waals surface area contributed by atoms with Gasteiger partial charge in [0, 0.05) is 11.1 Å². The minimum Gasteiger partial charge on any atom is -0.300 e. The van der Waals surface area contributed by atoms with Crippen molar-refractivity contribution >= 4 is 39.5 Å². The molecule has 1 aromatic carbocycles. The Morgan fingerprint density at radius 1 is 0.778 bits per heavy atom. The molecule has 0 atom stereocenters. The van der Waals surface area contributed by atoms with E-state index < -0.39 is 10.5 Å². The lowest BCUT2D eigenvalue weighted by Gasteiger charge is -1.94. The third-order valence-corrected chi connectivity index (χ3v) is 1.78. The number of Topliss-reactive ketones (excluding diaryl/α,β-unsaturated/α-hetero) is 1. The number of hydrogen-bond donors (Lipinski definition) is 0. The molecule has 0 N–H and O–H groups in total. The lowest BCUT2D eigenvalue weighted by molar-refractivity contribution is -0.115. The summed E-state index contributed by atoms with van der Waals surface area (Å²) in [7, 11) is 0. The van der Waals surface area contributed by atoms with Crippen LogP contribution in [0.2, 0.25) is 0 Å². The fourth-order valence-corrected chi connectivity index (χ4v) is 0.984. The standard InChI is InChI=1S/C8H4Cl2O2.C3H6O.C2H6/c9-7(11)5-1-2-6(4-3-5)8(10)12;1-3(2)4;1-2/h1-4H;1-2H3;1-2H3. The molecular formula is C13H16Cl2O3. The predicted octanol–water partition coefficient (Wildman–Crippen LogP) is 4.07. The molecule has 0 amide bonds. The van der Waals surface area contributed by atoms with Crippen molar-refractivity contribution in [3.05, 3.63) is 35.4 Å². The van der Waals surface area contributed by atoms with Crippen LogP contribution in [-0.4, -0.2) is 16.3 Å². The highest BCUT2D eigenvalue weighted by molar-refractivity contribution is 6.68. The van der Waals surface area contributed by atoms with Crippen LogP contribution in [0, 0.1) is 0 Å².